The molecule has 4 rings (SSSR count). The quantitative estimate of drug-likeness (QED) is 0.495. The average molecular weight is 459 g/mol. The molecule has 1 saturated heterocycles. The molecule has 9 heteroatoms. The van der Waals surface area contributed by atoms with Crippen molar-refractivity contribution in [2.24, 2.45) is 0 Å². The minimum atomic E-state index is -0.290. The first-order valence-corrected chi connectivity index (χ1v) is 11.2. The highest BCUT2D eigenvalue weighted by Gasteiger charge is 2.16. The number of hydrogen-bond acceptors (Lipinski definition) is 8. The number of amides is 1. The summed E-state index contributed by atoms with van der Waals surface area (Å²) in [6.07, 6.45) is 1.50. The third kappa shape index (κ3) is 5.49. The number of nitrogens with zero attached hydrogens (tertiary/aromatic N) is 5. The number of allylic oxidation sites excluding steroid dienone is 1. The zero-order valence-electron chi connectivity index (χ0n) is 19.8. The van der Waals surface area contributed by atoms with Gasteiger partial charge in [0, 0.05) is 50.8 Å². The van der Waals surface area contributed by atoms with Crippen molar-refractivity contribution in [1.29, 1.82) is 0 Å². The van der Waals surface area contributed by atoms with Gasteiger partial charge in [-0.25, -0.2) is 9.97 Å². The molecule has 3 heterocycles. The van der Waals surface area contributed by atoms with Crippen LogP contribution in [0.2, 0.25) is 0 Å². The number of carbonyl (C=O) groups excluding carboxylic acids is 1. The zero-order chi connectivity index (χ0) is 24.1. The third-order valence-corrected chi connectivity index (χ3v) is 5.69. The molecule has 1 aliphatic heterocycles. The highest BCUT2D eigenvalue weighted by atomic mass is 16.1. The third-order valence-electron chi connectivity index (χ3n) is 5.69. The van der Waals surface area contributed by atoms with E-state index in [2.05, 4.69) is 66.5 Å². The Bertz CT molecular complexity index is 1170. The molecule has 0 spiro atoms. The Morgan fingerprint density at radius 3 is 2.41 bits per heavy atom. The Labute approximate surface area is 199 Å². The molecule has 0 unspecified atom stereocenters. The lowest BCUT2D eigenvalue weighted by atomic mass is 10.2. The molecule has 0 bridgehead atoms. The van der Waals surface area contributed by atoms with Crippen LogP contribution in [0.3, 0.4) is 0 Å². The number of aromatic nitrogens is 3. The van der Waals surface area contributed by atoms with Crippen LogP contribution in [0.4, 0.5) is 29.0 Å². The predicted octanol–water partition coefficient (Wildman–Crippen LogP) is 3.50. The SMILES string of the molecule is C=C(C)c1cccc(Nc2nc(Nc3ccc(N4CCN(C)CC4)cc3)ncc2C(=O)NC)n1. The molecule has 0 atom stereocenters. The molecular weight excluding hydrogens is 428 g/mol. The Balaban J connectivity index is 1.54. The number of pyridine rings is 1. The van der Waals surface area contributed by atoms with Gasteiger partial charge in [-0.2, -0.15) is 4.98 Å². The van der Waals surface area contributed by atoms with Gasteiger partial charge in [0.2, 0.25) is 5.95 Å². The van der Waals surface area contributed by atoms with E-state index in [4.69, 9.17) is 0 Å². The van der Waals surface area contributed by atoms with Crippen LogP contribution in [-0.2, 0) is 0 Å². The monoisotopic (exact) mass is 458 g/mol. The first-order valence-electron chi connectivity index (χ1n) is 11.2. The van der Waals surface area contributed by atoms with Crippen molar-refractivity contribution in [2.45, 2.75) is 6.92 Å². The second-order valence-corrected chi connectivity index (χ2v) is 8.31. The molecule has 0 aliphatic carbocycles. The maximum absolute atomic E-state index is 12.4. The molecule has 0 radical (unpaired) electrons. The van der Waals surface area contributed by atoms with Gasteiger partial charge < -0.3 is 25.8 Å². The number of nitrogens with one attached hydrogen (secondary N) is 3. The van der Waals surface area contributed by atoms with Crippen LogP contribution in [0.1, 0.15) is 23.0 Å². The Hall–Kier alpha value is -3.98. The maximum Gasteiger partial charge on any atom is 0.256 e. The molecule has 0 saturated carbocycles. The first-order chi connectivity index (χ1) is 16.4. The molecule has 176 valence electrons. The van der Waals surface area contributed by atoms with Gasteiger partial charge >= 0.3 is 0 Å². The second-order valence-electron chi connectivity index (χ2n) is 8.31. The summed E-state index contributed by atoms with van der Waals surface area (Å²) in [5, 5.41) is 9.00. The van der Waals surface area contributed by atoms with Gasteiger partial charge in [-0.1, -0.05) is 12.6 Å². The lowest BCUT2D eigenvalue weighted by Crippen LogP contribution is -2.44. The van der Waals surface area contributed by atoms with E-state index < -0.39 is 0 Å². The number of carbonyl (C=O) groups is 1. The fourth-order valence-corrected chi connectivity index (χ4v) is 3.65. The van der Waals surface area contributed by atoms with E-state index in [1.165, 1.54) is 11.9 Å². The Morgan fingerprint density at radius 1 is 1.00 bits per heavy atom. The van der Waals surface area contributed by atoms with Crippen molar-refractivity contribution in [2.75, 3.05) is 55.8 Å². The van der Waals surface area contributed by atoms with Crippen LogP contribution in [0.25, 0.3) is 5.57 Å². The molecule has 3 aromatic rings. The van der Waals surface area contributed by atoms with Crippen molar-refractivity contribution in [3.8, 4) is 0 Å². The van der Waals surface area contributed by atoms with Crippen LogP contribution in [0, 0.1) is 0 Å². The van der Waals surface area contributed by atoms with Crippen LogP contribution in [0.15, 0.2) is 55.2 Å². The normalized spacial score (nSPS) is 13.9. The van der Waals surface area contributed by atoms with E-state index in [0.29, 0.717) is 23.1 Å². The molecule has 34 heavy (non-hydrogen) atoms. The molecule has 1 amide bonds. The van der Waals surface area contributed by atoms with Crippen molar-refractivity contribution < 1.29 is 4.79 Å². The number of anilines is 5. The Morgan fingerprint density at radius 2 is 1.74 bits per heavy atom. The van der Waals surface area contributed by atoms with Gasteiger partial charge in [0.25, 0.3) is 5.91 Å². The minimum absolute atomic E-state index is 0.290. The van der Waals surface area contributed by atoms with Crippen molar-refractivity contribution in [3.05, 3.63) is 66.5 Å². The van der Waals surface area contributed by atoms with Crippen molar-refractivity contribution in [3.63, 3.8) is 0 Å². The highest BCUT2D eigenvalue weighted by molar-refractivity contribution is 5.99. The molecule has 2 aromatic heterocycles. The maximum atomic E-state index is 12.4. The number of likely N-dealkylation sites (N-methyl/N-ethyl adjacent to an activating group) is 1. The molecule has 3 N–H and O–H groups in total. The lowest BCUT2D eigenvalue weighted by molar-refractivity contribution is 0.0963. The number of piperazine rings is 1. The van der Waals surface area contributed by atoms with Crippen molar-refractivity contribution in [1.82, 2.24) is 25.2 Å². The Kier molecular flexibility index (Phi) is 7.03. The van der Waals surface area contributed by atoms with Crippen LogP contribution in [-0.4, -0.2) is 66.0 Å². The van der Waals surface area contributed by atoms with Crippen LogP contribution >= 0.6 is 0 Å². The summed E-state index contributed by atoms with van der Waals surface area (Å²) >= 11 is 0. The van der Waals surface area contributed by atoms with Gasteiger partial charge in [0.15, 0.2) is 0 Å². The smallest absolute Gasteiger partial charge is 0.256 e. The minimum Gasteiger partial charge on any atom is -0.369 e. The second kappa shape index (κ2) is 10.3. The molecule has 1 aliphatic rings. The van der Waals surface area contributed by atoms with E-state index in [0.717, 1.165) is 43.1 Å². The van der Waals surface area contributed by atoms with Gasteiger partial charge in [0.1, 0.15) is 17.2 Å². The van der Waals surface area contributed by atoms with Crippen LogP contribution in [0.5, 0.6) is 0 Å². The molecule has 1 aromatic carbocycles. The van der Waals surface area contributed by atoms with Crippen LogP contribution < -0.4 is 20.9 Å². The summed E-state index contributed by atoms with van der Waals surface area (Å²) in [5.41, 5.74) is 3.99. The van der Waals surface area contributed by atoms with Gasteiger partial charge in [-0.05, 0) is 55.9 Å². The van der Waals surface area contributed by atoms with E-state index in [1.807, 2.05) is 37.3 Å². The molecular formula is C25H30N8O. The van der Waals surface area contributed by atoms with E-state index in [1.54, 1.807) is 7.05 Å². The van der Waals surface area contributed by atoms with Gasteiger partial charge in [0.05, 0.1) is 5.69 Å². The average Bonchev–Trinajstić information content (AvgIpc) is 2.85. The summed E-state index contributed by atoms with van der Waals surface area (Å²) in [4.78, 5) is 30.5. The van der Waals surface area contributed by atoms with Gasteiger partial charge in [-0.15, -0.1) is 0 Å². The van der Waals surface area contributed by atoms with Gasteiger partial charge in [-0.3, -0.25) is 4.79 Å². The molecule has 1 fully saturated rings. The summed E-state index contributed by atoms with van der Waals surface area (Å²) in [6.45, 7) is 9.99. The fraction of sp³-hybridized carbons (Fsp3) is 0.280. The number of hydrogen-bond donors (Lipinski definition) is 3. The number of benzene rings is 1. The topological polar surface area (TPSA) is 98.3 Å². The predicted molar refractivity (Wildman–Crippen MR) is 137 cm³/mol. The summed E-state index contributed by atoms with van der Waals surface area (Å²) in [5.74, 6) is 1.00. The van der Waals surface area contributed by atoms with E-state index in [9.17, 15) is 4.79 Å². The standard InChI is InChI=1S/C25H30N8O/c1-17(2)21-6-5-7-22(29-21)30-23-20(24(34)26-3)16-27-25(31-23)28-18-8-10-19(11-9-18)33-14-12-32(4)13-15-33/h5-11,16H,1,12-15H2,2-4H3,(H,26,34)(H2,27,28,29,30,31). The first kappa shape index (κ1) is 23.2. The van der Waals surface area contributed by atoms with Crippen molar-refractivity contribution >= 4 is 40.4 Å². The zero-order valence-corrected chi connectivity index (χ0v) is 19.8. The largest absolute Gasteiger partial charge is 0.369 e. The highest BCUT2D eigenvalue weighted by Crippen LogP contribution is 2.24. The number of rotatable bonds is 7. The fourth-order valence-electron chi connectivity index (χ4n) is 3.65. The lowest BCUT2D eigenvalue weighted by Gasteiger charge is -2.34. The molecule has 9 nitrogen and oxygen atoms in total. The van der Waals surface area contributed by atoms with E-state index >= 15 is 0 Å². The summed E-state index contributed by atoms with van der Waals surface area (Å²) in [6, 6.07) is 13.8. The summed E-state index contributed by atoms with van der Waals surface area (Å²) in [7, 11) is 3.72. The van der Waals surface area contributed by atoms with E-state index in [-0.39, 0.29) is 5.91 Å². The summed E-state index contributed by atoms with van der Waals surface area (Å²) < 4.78 is 0.